The van der Waals surface area contributed by atoms with E-state index < -0.39 is 0 Å². The zero-order valence-corrected chi connectivity index (χ0v) is 12.5. The highest BCUT2D eigenvalue weighted by Gasteiger charge is 2.28. The molecule has 1 aliphatic carbocycles. The first-order chi connectivity index (χ1) is 11.2. The number of carbonyl (C=O) groups is 1. The number of rotatable bonds is 2. The molecule has 2 aliphatic rings. The number of allylic oxidation sites excluding steroid dienone is 2. The highest BCUT2D eigenvalue weighted by atomic mass is 16.6. The third-order valence-electron chi connectivity index (χ3n) is 4.21. The van der Waals surface area contributed by atoms with Gasteiger partial charge in [0.25, 0.3) is 0 Å². The van der Waals surface area contributed by atoms with Gasteiger partial charge in [-0.05, 0) is 17.2 Å². The minimum Gasteiger partial charge on any atom is -0.511 e. The van der Waals surface area contributed by atoms with Gasteiger partial charge < -0.3 is 14.6 Å². The van der Waals surface area contributed by atoms with Crippen LogP contribution in [0.2, 0.25) is 0 Å². The van der Waals surface area contributed by atoms with E-state index >= 15 is 0 Å². The van der Waals surface area contributed by atoms with Crippen LogP contribution in [0.15, 0.2) is 48.2 Å². The second-order valence-electron chi connectivity index (χ2n) is 5.70. The molecule has 0 spiro atoms. The van der Waals surface area contributed by atoms with Crippen molar-refractivity contribution in [2.24, 2.45) is 0 Å². The third kappa shape index (κ3) is 2.36. The third-order valence-corrected chi connectivity index (χ3v) is 4.21. The van der Waals surface area contributed by atoms with Crippen LogP contribution in [0.4, 0.5) is 0 Å². The summed E-state index contributed by atoms with van der Waals surface area (Å²) >= 11 is 0. The normalized spacial score (nSPS) is 17.8. The van der Waals surface area contributed by atoms with E-state index in [1.807, 2.05) is 42.5 Å². The number of aliphatic hydroxyl groups excluding tert-OH is 1. The Labute approximate surface area is 134 Å². The molecule has 0 aromatic heterocycles. The molecule has 1 heterocycles. The molecule has 0 unspecified atom stereocenters. The summed E-state index contributed by atoms with van der Waals surface area (Å²) in [4.78, 5) is 12.3. The first kappa shape index (κ1) is 13.9. The minimum atomic E-state index is -0.0364. The second kappa shape index (κ2) is 5.47. The summed E-state index contributed by atoms with van der Waals surface area (Å²) in [6.45, 7) is 1.01. The van der Waals surface area contributed by atoms with E-state index in [2.05, 4.69) is 0 Å². The van der Waals surface area contributed by atoms with Crippen LogP contribution < -0.4 is 9.47 Å². The fraction of sp³-hybridized carbons (Fsp3) is 0.211. The maximum absolute atomic E-state index is 12.3. The molecule has 0 amide bonds. The molecule has 0 saturated carbocycles. The van der Waals surface area contributed by atoms with E-state index in [0.717, 1.165) is 16.7 Å². The number of fused-ring (bicyclic) bond motifs is 2. The Bertz CT molecular complexity index is 820. The second-order valence-corrected chi connectivity index (χ2v) is 5.70. The lowest BCUT2D eigenvalue weighted by molar-refractivity contribution is -0.112. The Morgan fingerprint density at radius 1 is 1.04 bits per heavy atom. The zero-order chi connectivity index (χ0) is 15.8. The molecule has 1 aliphatic heterocycles. The lowest BCUT2D eigenvalue weighted by Gasteiger charge is -2.21. The lowest BCUT2D eigenvalue weighted by atomic mass is 10.0. The summed E-state index contributed by atoms with van der Waals surface area (Å²) in [5, 5.41) is 10.6. The molecule has 0 radical (unpaired) electrons. The van der Waals surface area contributed by atoms with E-state index in [9.17, 15) is 9.90 Å². The molecular formula is C19H16O4. The van der Waals surface area contributed by atoms with Crippen molar-refractivity contribution < 1.29 is 19.4 Å². The van der Waals surface area contributed by atoms with E-state index in [-0.39, 0.29) is 18.0 Å². The number of para-hydroxylation sites is 1. The number of Topliss-reactive ketones (excluding diaryl/α,β-unsaturated/α-hetero) is 1. The number of benzene rings is 2. The SMILES string of the molecule is O=C1Cc2ccccc2C1=C(O)Cc1cccc2c1OCCO2. The predicted octanol–water partition coefficient (Wildman–Crippen LogP) is 3.09. The van der Waals surface area contributed by atoms with Crippen LogP contribution in [0.1, 0.15) is 16.7 Å². The zero-order valence-electron chi connectivity index (χ0n) is 12.5. The number of aliphatic hydroxyl groups is 1. The van der Waals surface area contributed by atoms with E-state index in [1.54, 1.807) is 0 Å². The molecule has 23 heavy (non-hydrogen) atoms. The van der Waals surface area contributed by atoms with Crippen LogP contribution >= 0.6 is 0 Å². The number of ether oxygens (including phenoxy) is 2. The van der Waals surface area contributed by atoms with Crippen molar-refractivity contribution in [3.63, 3.8) is 0 Å². The monoisotopic (exact) mass is 308 g/mol. The average Bonchev–Trinajstić information content (AvgIpc) is 2.91. The van der Waals surface area contributed by atoms with Crippen molar-refractivity contribution in [2.45, 2.75) is 12.8 Å². The smallest absolute Gasteiger partial charge is 0.171 e. The van der Waals surface area contributed by atoms with Crippen LogP contribution in [0.3, 0.4) is 0 Å². The molecule has 0 fully saturated rings. The van der Waals surface area contributed by atoms with Crippen molar-refractivity contribution in [2.75, 3.05) is 13.2 Å². The van der Waals surface area contributed by atoms with Crippen LogP contribution in [0.5, 0.6) is 11.5 Å². The molecule has 4 rings (SSSR count). The lowest BCUT2D eigenvalue weighted by Crippen LogP contribution is -2.16. The van der Waals surface area contributed by atoms with Gasteiger partial charge in [0.15, 0.2) is 17.3 Å². The highest BCUT2D eigenvalue weighted by Crippen LogP contribution is 2.37. The number of ketones is 1. The van der Waals surface area contributed by atoms with Gasteiger partial charge in [-0.25, -0.2) is 0 Å². The van der Waals surface area contributed by atoms with Gasteiger partial charge in [-0.1, -0.05) is 36.4 Å². The van der Waals surface area contributed by atoms with Gasteiger partial charge in [-0.2, -0.15) is 0 Å². The summed E-state index contributed by atoms with van der Waals surface area (Å²) in [7, 11) is 0. The molecule has 4 heteroatoms. The first-order valence-electron chi connectivity index (χ1n) is 7.65. The quantitative estimate of drug-likeness (QED) is 0.684. The summed E-state index contributed by atoms with van der Waals surface area (Å²) in [5.41, 5.74) is 3.05. The van der Waals surface area contributed by atoms with Crippen LogP contribution in [-0.4, -0.2) is 24.1 Å². The highest BCUT2D eigenvalue weighted by molar-refractivity contribution is 6.25. The van der Waals surface area contributed by atoms with E-state index in [0.29, 0.717) is 36.7 Å². The van der Waals surface area contributed by atoms with Gasteiger partial charge in [-0.15, -0.1) is 0 Å². The largest absolute Gasteiger partial charge is 0.511 e. The maximum atomic E-state index is 12.3. The van der Waals surface area contributed by atoms with E-state index in [1.165, 1.54) is 0 Å². The van der Waals surface area contributed by atoms with Gasteiger partial charge in [0.05, 0.1) is 5.57 Å². The number of hydrogen-bond donors (Lipinski definition) is 1. The van der Waals surface area contributed by atoms with Gasteiger partial charge in [0.2, 0.25) is 0 Å². The molecule has 4 nitrogen and oxygen atoms in total. The summed E-state index contributed by atoms with van der Waals surface area (Å²) in [6, 6.07) is 13.2. The van der Waals surface area contributed by atoms with Crippen molar-refractivity contribution in [1.29, 1.82) is 0 Å². The van der Waals surface area contributed by atoms with Gasteiger partial charge in [-0.3, -0.25) is 4.79 Å². The van der Waals surface area contributed by atoms with Crippen LogP contribution in [0.25, 0.3) is 5.57 Å². The molecule has 116 valence electrons. The van der Waals surface area contributed by atoms with Crippen LogP contribution in [0, 0.1) is 0 Å². The van der Waals surface area contributed by atoms with Crippen molar-refractivity contribution in [3.05, 3.63) is 64.9 Å². The fourth-order valence-corrected chi connectivity index (χ4v) is 3.19. The average molecular weight is 308 g/mol. The number of hydrogen-bond acceptors (Lipinski definition) is 4. The molecule has 2 aromatic rings. The molecule has 0 saturated heterocycles. The first-order valence-corrected chi connectivity index (χ1v) is 7.65. The Hall–Kier alpha value is -2.75. The van der Waals surface area contributed by atoms with E-state index in [4.69, 9.17) is 9.47 Å². The summed E-state index contributed by atoms with van der Waals surface area (Å²) < 4.78 is 11.2. The topological polar surface area (TPSA) is 55.8 Å². The summed E-state index contributed by atoms with van der Waals surface area (Å²) in [6.07, 6.45) is 0.601. The Balaban J connectivity index is 1.74. The maximum Gasteiger partial charge on any atom is 0.171 e. The minimum absolute atomic E-state index is 0.0364. The molecule has 2 aromatic carbocycles. The molecule has 0 atom stereocenters. The Kier molecular flexibility index (Phi) is 3.30. The van der Waals surface area contributed by atoms with Crippen molar-refractivity contribution in [3.8, 4) is 11.5 Å². The standard InChI is InChI=1S/C19H16O4/c20-15-10-12-4-1-2-6-14(12)18(15)16(21)11-13-5-3-7-17-19(13)23-9-8-22-17/h1-7,21H,8-11H2. The molecular weight excluding hydrogens is 292 g/mol. The molecule has 0 bridgehead atoms. The van der Waals surface area contributed by atoms with Gasteiger partial charge in [0.1, 0.15) is 19.0 Å². The van der Waals surface area contributed by atoms with Crippen molar-refractivity contribution >= 4 is 11.4 Å². The number of carbonyl (C=O) groups excluding carboxylic acids is 1. The van der Waals surface area contributed by atoms with Gasteiger partial charge >= 0.3 is 0 Å². The predicted molar refractivity (Wildman–Crippen MR) is 85.8 cm³/mol. The summed E-state index contributed by atoms with van der Waals surface area (Å²) in [5.74, 6) is 1.39. The van der Waals surface area contributed by atoms with Crippen LogP contribution in [-0.2, 0) is 17.6 Å². The molecule has 1 N–H and O–H groups in total. The Morgan fingerprint density at radius 3 is 2.78 bits per heavy atom. The Morgan fingerprint density at radius 2 is 1.87 bits per heavy atom. The van der Waals surface area contributed by atoms with Crippen molar-refractivity contribution in [1.82, 2.24) is 0 Å². The fourth-order valence-electron chi connectivity index (χ4n) is 3.19. The van der Waals surface area contributed by atoms with Gasteiger partial charge in [0, 0.05) is 18.4 Å².